The molecule has 18 heteroatoms. The average molecular weight is 710 g/mol. The molecule has 0 amide bonds. The van der Waals surface area contributed by atoms with Crippen LogP contribution in [0.1, 0.15) is 22.3 Å². The molecule has 0 atom stereocenters. The van der Waals surface area contributed by atoms with Gasteiger partial charge in [0.05, 0.1) is 33.6 Å². The summed E-state index contributed by atoms with van der Waals surface area (Å²) in [6, 6.07) is 13.4. The molecule has 2 aromatic heterocycles. The van der Waals surface area contributed by atoms with Crippen LogP contribution in [0.25, 0.3) is 11.4 Å². The first kappa shape index (κ1) is 32.8. The number of hydrogen-bond donors (Lipinski definition) is 0. The van der Waals surface area contributed by atoms with Gasteiger partial charge in [0.15, 0.2) is 0 Å². The van der Waals surface area contributed by atoms with Gasteiger partial charge in [-0.2, -0.15) is 52.7 Å². The van der Waals surface area contributed by atoms with E-state index in [0.29, 0.717) is 24.3 Å². The van der Waals surface area contributed by atoms with Crippen LogP contribution in [0.15, 0.2) is 84.9 Å². The van der Waals surface area contributed by atoms with E-state index in [9.17, 15) is 52.7 Å². The van der Waals surface area contributed by atoms with E-state index in [1.807, 2.05) is 0 Å². The summed E-state index contributed by atoms with van der Waals surface area (Å²) in [7, 11) is 0. The topological polar surface area (TPSA) is 61.4 Å². The van der Waals surface area contributed by atoms with Gasteiger partial charge in [0.1, 0.15) is 21.4 Å². The molecule has 0 saturated carbocycles. The third kappa shape index (κ3) is 5.53. The average Bonchev–Trinajstić information content (AvgIpc) is 3.67. The highest BCUT2D eigenvalue weighted by Gasteiger charge is 2.38. The summed E-state index contributed by atoms with van der Waals surface area (Å²) in [6.07, 6.45) is -20.7. The summed E-state index contributed by atoms with van der Waals surface area (Å²) in [5.41, 5.74) is -7.76. The Balaban J connectivity index is 1.71. The lowest BCUT2D eigenvalue weighted by atomic mass is 10.1. The minimum absolute atomic E-state index is 0.0457. The minimum Gasteiger partial charge on any atom is -0.212 e. The van der Waals surface area contributed by atoms with Crippen molar-refractivity contribution in [2.24, 2.45) is 0 Å². The third-order valence-electron chi connectivity index (χ3n) is 7.85. The molecule has 2 heterocycles. The van der Waals surface area contributed by atoms with Crippen LogP contribution >= 0.6 is 0 Å². The Morgan fingerprint density at radius 3 is 0.940 bits per heavy atom. The Labute approximate surface area is 268 Å². The first-order valence-electron chi connectivity index (χ1n) is 14.0. The number of fused-ring (bicyclic) bond motifs is 4. The molecule has 6 aromatic rings. The van der Waals surface area contributed by atoms with E-state index in [4.69, 9.17) is 0 Å². The van der Waals surface area contributed by atoms with Crippen LogP contribution in [0, 0.1) is 42.3 Å². The number of benzene rings is 4. The molecule has 0 aliphatic heterocycles. The molecule has 1 aliphatic carbocycles. The van der Waals surface area contributed by atoms with E-state index in [2.05, 4.69) is 20.6 Å². The van der Waals surface area contributed by atoms with Crippen LogP contribution < -0.4 is 0 Å². The van der Waals surface area contributed by atoms with E-state index >= 15 is 0 Å². The second-order valence-corrected chi connectivity index (χ2v) is 11.0. The van der Waals surface area contributed by atoms with Gasteiger partial charge in [0, 0.05) is 20.9 Å². The molecule has 6 nitrogen and oxygen atoms in total. The van der Waals surface area contributed by atoms with E-state index in [0.717, 1.165) is 9.36 Å². The number of hydrogen-bond acceptors (Lipinski definition) is 4. The molecule has 1 aliphatic rings. The van der Waals surface area contributed by atoms with Gasteiger partial charge in [-0.05, 0) is 36.4 Å². The highest BCUT2D eigenvalue weighted by molar-refractivity contribution is 5.44. The third-order valence-corrected chi connectivity index (χ3v) is 7.85. The summed E-state index contributed by atoms with van der Waals surface area (Å²) in [5.74, 6) is 0. The lowest BCUT2D eigenvalue weighted by Gasteiger charge is -2.14. The van der Waals surface area contributed by atoms with Gasteiger partial charge in [-0.1, -0.05) is 59.0 Å². The van der Waals surface area contributed by atoms with Gasteiger partial charge in [0.25, 0.3) is 0 Å². The molecule has 0 fully saturated rings. The molecule has 50 heavy (non-hydrogen) atoms. The molecule has 0 unspecified atom stereocenters. The summed E-state index contributed by atoms with van der Waals surface area (Å²) in [5, 5.41) is 16.2. The van der Waals surface area contributed by atoms with E-state index < -0.39 is 58.3 Å². The van der Waals surface area contributed by atoms with Crippen LogP contribution in [-0.2, 0) is 24.7 Å². The number of halogens is 12. The molecule has 0 N–H and O–H groups in total. The van der Waals surface area contributed by atoms with Crippen molar-refractivity contribution in [1.29, 1.82) is 0 Å². The number of nitrogens with zero attached hydrogens (tertiary/aromatic N) is 6. The van der Waals surface area contributed by atoms with E-state index in [-0.39, 0.29) is 54.4 Å². The smallest absolute Gasteiger partial charge is 0.212 e. The van der Waals surface area contributed by atoms with Crippen molar-refractivity contribution in [2.45, 2.75) is 24.7 Å². The summed E-state index contributed by atoms with van der Waals surface area (Å²) in [4.78, 5) is 0. The van der Waals surface area contributed by atoms with Gasteiger partial charge in [-0.25, -0.2) is 9.36 Å². The highest BCUT2D eigenvalue weighted by Crippen LogP contribution is 2.38. The molecule has 0 spiro atoms. The number of aromatic nitrogens is 6. The zero-order chi connectivity index (χ0) is 36.0. The van der Waals surface area contributed by atoms with Crippen molar-refractivity contribution in [3.8, 4) is 11.4 Å². The van der Waals surface area contributed by atoms with Gasteiger partial charge in [-0.3, -0.25) is 0 Å². The maximum atomic E-state index is 13.8. The van der Waals surface area contributed by atoms with E-state index in [1.165, 1.54) is 48.5 Å². The monoisotopic (exact) mass is 710 g/mol. The van der Waals surface area contributed by atoms with Crippen molar-refractivity contribution < 1.29 is 52.7 Å². The fraction of sp³-hybridized carbons (Fsp3) is 0.125. The Morgan fingerprint density at radius 2 is 0.660 bits per heavy atom. The molecular weight excluding hydrogens is 696 g/mol. The van der Waals surface area contributed by atoms with Crippen LogP contribution in [-0.4, -0.2) is 30.0 Å². The van der Waals surface area contributed by atoms with Crippen LogP contribution in [0.3, 0.4) is 0 Å². The summed E-state index contributed by atoms with van der Waals surface area (Å²) >= 11 is 0. The second kappa shape index (κ2) is 10.9. The van der Waals surface area contributed by atoms with Crippen molar-refractivity contribution in [3.05, 3.63) is 149 Å². The Hall–Kier alpha value is -5.68. The Morgan fingerprint density at radius 1 is 0.380 bits per heavy atom. The largest absolute Gasteiger partial charge is 0.416 e. The van der Waals surface area contributed by atoms with Crippen molar-refractivity contribution >= 4 is 0 Å². The molecule has 0 saturated heterocycles. The van der Waals surface area contributed by atoms with Crippen molar-refractivity contribution in [2.75, 3.05) is 0 Å². The lowest BCUT2D eigenvalue weighted by molar-refractivity contribution is -0.144. The molecule has 7 rings (SSSR count). The fourth-order valence-corrected chi connectivity index (χ4v) is 5.69. The van der Waals surface area contributed by atoms with Crippen molar-refractivity contribution in [3.63, 3.8) is 0 Å². The molecule has 0 radical (unpaired) electrons. The number of alkyl halides is 12. The molecule has 4 aromatic carbocycles. The fourth-order valence-electron chi connectivity index (χ4n) is 5.69. The van der Waals surface area contributed by atoms with Crippen LogP contribution in [0.4, 0.5) is 52.7 Å². The SMILES string of the molecule is FC(F)(F)c1cc(-n2nnc3/c2=c2/cccc/c2=c2\nnn(-c4cc(C(F)(F)F)cc(C(F)(F)F)c4)\c2=c2/cccc/c2=3)cc(C(F)(F)F)c1. The number of rotatable bonds is 2. The predicted molar refractivity (Wildman–Crippen MR) is 146 cm³/mol. The quantitative estimate of drug-likeness (QED) is 0.169. The Bertz CT molecular complexity index is 2470. The van der Waals surface area contributed by atoms with Gasteiger partial charge < -0.3 is 0 Å². The van der Waals surface area contributed by atoms with Crippen molar-refractivity contribution in [1.82, 2.24) is 30.0 Å². The molecular formula is C32H14F12N6. The predicted octanol–water partition coefficient (Wildman–Crippen LogP) is 8.38. The first-order chi connectivity index (χ1) is 23.3. The standard InChI is InChI=1S/C32H14F12N6/c33-29(34,35)15-9-16(30(36,37)38)12-19(11-15)49-27-23-7-3-1-5-21(23)25-28(24-8-4-2-6-22(24)26(27)46-48-49)50(47-45-25)20-13-17(31(39,40)41)10-18(14-20)32(42,43)44/h1-14H/b25-21+,26-22+,27-23+,28-24+. The Kier molecular flexibility index (Phi) is 7.17. The zero-order valence-corrected chi connectivity index (χ0v) is 24.3. The minimum atomic E-state index is -5.18. The molecule has 256 valence electrons. The second-order valence-electron chi connectivity index (χ2n) is 11.0. The lowest BCUT2D eigenvalue weighted by Crippen LogP contribution is -2.13. The summed E-state index contributed by atoms with van der Waals surface area (Å²) in [6.45, 7) is 0. The van der Waals surface area contributed by atoms with Gasteiger partial charge in [-0.15, -0.1) is 10.2 Å². The van der Waals surface area contributed by atoms with Gasteiger partial charge in [0.2, 0.25) is 0 Å². The maximum absolute atomic E-state index is 13.8. The van der Waals surface area contributed by atoms with E-state index in [1.54, 1.807) is 0 Å². The maximum Gasteiger partial charge on any atom is 0.416 e. The van der Waals surface area contributed by atoms with Gasteiger partial charge >= 0.3 is 24.7 Å². The summed E-state index contributed by atoms with van der Waals surface area (Å²) < 4.78 is 167. The van der Waals surface area contributed by atoms with Crippen LogP contribution in [0.2, 0.25) is 0 Å². The zero-order valence-electron chi connectivity index (χ0n) is 24.3. The van der Waals surface area contributed by atoms with Crippen LogP contribution in [0.5, 0.6) is 0 Å². The normalized spacial score (nSPS) is 16.1. The first-order valence-corrected chi connectivity index (χ1v) is 14.0. The highest BCUT2D eigenvalue weighted by atomic mass is 19.4. The molecule has 0 bridgehead atoms.